The molecule has 0 spiro atoms. The van der Waals surface area contributed by atoms with Crippen LogP contribution < -0.4 is 9.05 Å². The lowest BCUT2D eigenvalue weighted by atomic mass is 9.84. The number of benzene rings is 2. The molecule has 0 unspecified atom stereocenters. The van der Waals surface area contributed by atoms with Crippen molar-refractivity contribution >= 4 is 8.60 Å². The third kappa shape index (κ3) is 4.88. The standard InChI is InChI=1S/C24H31O3P/c25-28(26-23-17-9-7-15-21(23)19-11-3-1-4-12-19)27-24-18-10-8-16-22(24)20-13-5-2-6-14-20/h7-10,15-20,25H,1-6,11-14H2. The molecular weight excluding hydrogens is 367 g/mol. The first-order valence-electron chi connectivity index (χ1n) is 10.8. The number of rotatable bonds is 6. The molecule has 0 amide bonds. The van der Waals surface area contributed by atoms with Gasteiger partial charge in [0.15, 0.2) is 0 Å². The van der Waals surface area contributed by atoms with Crippen LogP contribution >= 0.6 is 8.60 Å². The Morgan fingerprint density at radius 2 is 1.00 bits per heavy atom. The van der Waals surface area contributed by atoms with Crippen LogP contribution in [0.25, 0.3) is 0 Å². The van der Waals surface area contributed by atoms with Crippen molar-refractivity contribution in [3.63, 3.8) is 0 Å². The first-order chi connectivity index (χ1) is 13.8. The molecule has 3 nitrogen and oxygen atoms in total. The molecule has 0 heterocycles. The van der Waals surface area contributed by atoms with E-state index in [1.54, 1.807) is 0 Å². The Labute approximate surface area is 170 Å². The molecule has 2 fully saturated rings. The van der Waals surface area contributed by atoms with E-state index in [1.807, 2.05) is 24.3 Å². The van der Waals surface area contributed by atoms with Crippen molar-refractivity contribution < 1.29 is 13.9 Å². The summed E-state index contributed by atoms with van der Waals surface area (Å²) in [4.78, 5) is 10.6. The van der Waals surface area contributed by atoms with Gasteiger partial charge in [-0.25, -0.2) is 0 Å². The summed E-state index contributed by atoms with van der Waals surface area (Å²) in [5.74, 6) is 2.61. The molecule has 2 aromatic rings. The van der Waals surface area contributed by atoms with E-state index in [4.69, 9.17) is 9.05 Å². The first kappa shape index (κ1) is 19.7. The molecule has 2 aliphatic carbocycles. The van der Waals surface area contributed by atoms with Gasteiger partial charge >= 0.3 is 8.60 Å². The van der Waals surface area contributed by atoms with E-state index in [-0.39, 0.29) is 0 Å². The predicted octanol–water partition coefficient (Wildman–Crippen LogP) is 7.46. The molecule has 0 radical (unpaired) electrons. The molecular formula is C24H31O3P. The van der Waals surface area contributed by atoms with Gasteiger partial charge in [-0.15, -0.1) is 0 Å². The van der Waals surface area contributed by atoms with Crippen LogP contribution in [0.2, 0.25) is 0 Å². The number of hydrogen-bond acceptors (Lipinski definition) is 3. The molecule has 2 saturated carbocycles. The summed E-state index contributed by atoms with van der Waals surface area (Å²) in [7, 11) is -2.01. The second kappa shape index (κ2) is 9.76. The summed E-state index contributed by atoms with van der Waals surface area (Å²) in [6, 6.07) is 16.3. The summed E-state index contributed by atoms with van der Waals surface area (Å²) in [5.41, 5.74) is 2.43. The Morgan fingerprint density at radius 1 is 0.607 bits per heavy atom. The van der Waals surface area contributed by atoms with E-state index in [9.17, 15) is 4.89 Å². The Kier molecular flexibility index (Phi) is 6.88. The molecule has 0 aliphatic heterocycles. The van der Waals surface area contributed by atoms with E-state index in [0.717, 1.165) is 11.5 Å². The Bertz CT molecular complexity index is 688. The van der Waals surface area contributed by atoms with Gasteiger partial charge in [-0.2, -0.15) is 0 Å². The summed E-state index contributed by atoms with van der Waals surface area (Å²) in [6.45, 7) is 0. The van der Waals surface area contributed by atoms with Gasteiger partial charge in [-0.1, -0.05) is 74.9 Å². The fourth-order valence-electron chi connectivity index (χ4n) is 4.82. The lowest BCUT2D eigenvalue weighted by Crippen LogP contribution is -2.08. The summed E-state index contributed by atoms with van der Waals surface area (Å²) in [5, 5.41) is 0. The average molecular weight is 398 g/mol. The Morgan fingerprint density at radius 3 is 1.43 bits per heavy atom. The van der Waals surface area contributed by atoms with Crippen LogP contribution in [0.15, 0.2) is 48.5 Å². The molecule has 150 valence electrons. The van der Waals surface area contributed by atoms with Crippen LogP contribution in [-0.4, -0.2) is 4.89 Å². The fraction of sp³-hybridized carbons (Fsp3) is 0.500. The largest absolute Gasteiger partial charge is 0.460 e. The van der Waals surface area contributed by atoms with Crippen molar-refractivity contribution in [1.29, 1.82) is 0 Å². The molecule has 0 atom stereocenters. The molecule has 28 heavy (non-hydrogen) atoms. The zero-order valence-electron chi connectivity index (χ0n) is 16.6. The molecule has 4 heteroatoms. The van der Waals surface area contributed by atoms with Crippen molar-refractivity contribution in [3.05, 3.63) is 59.7 Å². The summed E-state index contributed by atoms with van der Waals surface area (Å²) in [6.07, 6.45) is 12.6. The topological polar surface area (TPSA) is 38.7 Å². The van der Waals surface area contributed by atoms with Crippen LogP contribution in [0.4, 0.5) is 0 Å². The van der Waals surface area contributed by atoms with E-state index < -0.39 is 8.60 Å². The molecule has 0 saturated heterocycles. The van der Waals surface area contributed by atoms with Gasteiger partial charge in [-0.05, 0) is 60.8 Å². The predicted molar refractivity (Wildman–Crippen MR) is 115 cm³/mol. The van der Waals surface area contributed by atoms with Gasteiger partial charge in [0.2, 0.25) is 0 Å². The van der Waals surface area contributed by atoms with Crippen molar-refractivity contribution in [2.24, 2.45) is 0 Å². The lowest BCUT2D eigenvalue weighted by Gasteiger charge is -2.26. The zero-order valence-corrected chi connectivity index (χ0v) is 17.4. The maximum Gasteiger partial charge on any atom is 0.460 e. The van der Waals surface area contributed by atoms with Gasteiger partial charge in [0.25, 0.3) is 0 Å². The van der Waals surface area contributed by atoms with Crippen molar-refractivity contribution in [1.82, 2.24) is 0 Å². The lowest BCUT2D eigenvalue weighted by molar-refractivity contribution is 0.366. The maximum atomic E-state index is 10.6. The van der Waals surface area contributed by atoms with Gasteiger partial charge in [0.1, 0.15) is 11.5 Å². The van der Waals surface area contributed by atoms with Crippen LogP contribution in [-0.2, 0) is 0 Å². The smallest absolute Gasteiger partial charge is 0.418 e. The van der Waals surface area contributed by atoms with Gasteiger partial charge < -0.3 is 13.9 Å². The second-order valence-electron chi connectivity index (χ2n) is 8.17. The van der Waals surface area contributed by atoms with E-state index >= 15 is 0 Å². The highest BCUT2D eigenvalue weighted by atomic mass is 31.2. The minimum Gasteiger partial charge on any atom is -0.418 e. The van der Waals surface area contributed by atoms with Crippen molar-refractivity contribution in [2.75, 3.05) is 0 Å². The molecule has 2 aromatic carbocycles. The minimum absolute atomic E-state index is 0.530. The zero-order chi connectivity index (χ0) is 19.2. The monoisotopic (exact) mass is 398 g/mol. The molecule has 0 bridgehead atoms. The normalized spacial score (nSPS) is 18.9. The maximum absolute atomic E-state index is 10.6. The highest BCUT2D eigenvalue weighted by molar-refractivity contribution is 7.41. The molecule has 4 rings (SSSR count). The van der Waals surface area contributed by atoms with Crippen molar-refractivity contribution in [3.8, 4) is 11.5 Å². The first-order valence-corrected chi connectivity index (χ1v) is 12.0. The summed E-state index contributed by atoms with van der Waals surface area (Å²) < 4.78 is 11.9. The van der Waals surface area contributed by atoms with E-state index in [1.165, 1.54) is 75.3 Å². The van der Waals surface area contributed by atoms with E-state index in [2.05, 4.69) is 24.3 Å². The van der Waals surface area contributed by atoms with Crippen LogP contribution in [0, 0.1) is 0 Å². The highest BCUT2D eigenvalue weighted by Crippen LogP contribution is 2.45. The van der Waals surface area contributed by atoms with Crippen molar-refractivity contribution in [2.45, 2.75) is 76.0 Å². The quantitative estimate of drug-likeness (QED) is 0.513. The Balaban J connectivity index is 1.46. The van der Waals surface area contributed by atoms with Gasteiger partial charge in [-0.3, -0.25) is 0 Å². The number of hydrogen-bond donors (Lipinski definition) is 1. The molecule has 0 aromatic heterocycles. The van der Waals surface area contributed by atoms with E-state index in [0.29, 0.717) is 11.8 Å². The van der Waals surface area contributed by atoms with Crippen LogP contribution in [0.1, 0.15) is 87.2 Å². The van der Waals surface area contributed by atoms with Gasteiger partial charge in [0.05, 0.1) is 0 Å². The van der Waals surface area contributed by atoms with Crippen LogP contribution in [0.5, 0.6) is 11.5 Å². The Hall–Kier alpha value is -1.57. The highest BCUT2D eigenvalue weighted by Gasteiger charge is 2.24. The molecule has 2 aliphatic rings. The van der Waals surface area contributed by atoms with Crippen LogP contribution in [0.3, 0.4) is 0 Å². The second-order valence-corrected chi connectivity index (χ2v) is 9.01. The number of para-hydroxylation sites is 2. The SMILES string of the molecule is OP(Oc1ccccc1C1CCCCC1)Oc1ccccc1C1CCCCC1. The minimum atomic E-state index is -2.01. The fourth-order valence-corrected chi connectivity index (χ4v) is 5.52. The van der Waals surface area contributed by atoms with Gasteiger partial charge in [0, 0.05) is 0 Å². The summed E-state index contributed by atoms with van der Waals surface area (Å²) >= 11 is 0. The third-order valence-electron chi connectivity index (χ3n) is 6.28. The molecule has 1 N–H and O–H groups in total. The average Bonchev–Trinajstić information content (AvgIpc) is 2.76. The third-order valence-corrected chi connectivity index (χ3v) is 6.99.